The number of nitrogens with one attached hydrogen (secondary N) is 1. The maximum atomic E-state index is 12.3. The van der Waals surface area contributed by atoms with E-state index in [1.54, 1.807) is 42.6 Å². The van der Waals surface area contributed by atoms with Crippen LogP contribution in [0.1, 0.15) is 12.5 Å². The van der Waals surface area contributed by atoms with Gasteiger partial charge in [-0.1, -0.05) is 0 Å². The van der Waals surface area contributed by atoms with E-state index in [-0.39, 0.29) is 10.8 Å². The SMILES string of the molecule is CCOc1ccc(Oc2cc(CNS(=O)(=O)c3ccc(Br)s3)ccn2)cc1. The molecule has 1 N–H and O–H groups in total. The van der Waals surface area contributed by atoms with Crippen LogP contribution in [-0.2, 0) is 16.6 Å². The first-order valence-electron chi connectivity index (χ1n) is 8.07. The van der Waals surface area contributed by atoms with Crippen LogP contribution in [0.2, 0.25) is 0 Å². The third kappa shape index (κ3) is 5.52. The van der Waals surface area contributed by atoms with E-state index in [1.165, 1.54) is 0 Å². The van der Waals surface area contributed by atoms with Crippen LogP contribution in [-0.4, -0.2) is 20.0 Å². The minimum Gasteiger partial charge on any atom is -0.494 e. The number of aromatic nitrogens is 1. The van der Waals surface area contributed by atoms with Gasteiger partial charge in [-0.05, 0) is 70.9 Å². The van der Waals surface area contributed by atoms with E-state index in [0.717, 1.165) is 26.4 Å². The molecule has 0 atom stereocenters. The van der Waals surface area contributed by atoms with Crippen LogP contribution in [0, 0.1) is 0 Å². The lowest BCUT2D eigenvalue weighted by Gasteiger charge is -2.09. The Labute approximate surface area is 170 Å². The highest BCUT2D eigenvalue weighted by Crippen LogP contribution is 2.26. The zero-order valence-corrected chi connectivity index (χ0v) is 17.6. The van der Waals surface area contributed by atoms with Gasteiger partial charge < -0.3 is 9.47 Å². The molecule has 0 aliphatic heterocycles. The van der Waals surface area contributed by atoms with Gasteiger partial charge in [0.05, 0.1) is 10.4 Å². The van der Waals surface area contributed by atoms with E-state index in [9.17, 15) is 8.42 Å². The Morgan fingerprint density at radius 2 is 1.85 bits per heavy atom. The van der Waals surface area contributed by atoms with Crippen molar-refractivity contribution in [1.29, 1.82) is 0 Å². The number of ether oxygens (including phenoxy) is 2. The average Bonchev–Trinajstić information content (AvgIpc) is 3.10. The van der Waals surface area contributed by atoms with Crippen LogP contribution in [0.25, 0.3) is 0 Å². The summed E-state index contributed by atoms with van der Waals surface area (Å²) in [5.74, 6) is 1.77. The Hall–Kier alpha value is -1.94. The van der Waals surface area contributed by atoms with Crippen molar-refractivity contribution >= 4 is 37.3 Å². The first-order chi connectivity index (χ1) is 13.0. The van der Waals surface area contributed by atoms with Crippen molar-refractivity contribution in [3.63, 3.8) is 0 Å². The Kier molecular flexibility index (Phi) is 6.48. The van der Waals surface area contributed by atoms with Gasteiger partial charge in [0.2, 0.25) is 15.9 Å². The lowest BCUT2D eigenvalue weighted by molar-refractivity contribution is 0.339. The van der Waals surface area contributed by atoms with E-state index >= 15 is 0 Å². The molecule has 0 aliphatic rings. The summed E-state index contributed by atoms with van der Waals surface area (Å²) < 4.78 is 39.3. The van der Waals surface area contributed by atoms with Crippen molar-refractivity contribution in [2.24, 2.45) is 0 Å². The summed E-state index contributed by atoms with van der Waals surface area (Å²) in [4.78, 5) is 4.16. The molecule has 2 heterocycles. The fraction of sp³-hybridized carbons (Fsp3) is 0.167. The minimum atomic E-state index is -3.56. The van der Waals surface area contributed by atoms with Gasteiger partial charge in [-0.3, -0.25) is 0 Å². The lowest BCUT2D eigenvalue weighted by Crippen LogP contribution is -2.22. The van der Waals surface area contributed by atoms with E-state index in [0.29, 0.717) is 18.2 Å². The molecule has 0 spiro atoms. The fourth-order valence-corrected chi connectivity index (χ4v) is 5.27. The van der Waals surface area contributed by atoms with Crippen LogP contribution in [0.4, 0.5) is 0 Å². The number of rotatable bonds is 8. The molecule has 6 nitrogen and oxygen atoms in total. The monoisotopic (exact) mass is 468 g/mol. The molecule has 142 valence electrons. The normalized spacial score (nSPS) is 11.3. The van der Waals surface area contributed by atoms with Crippen LogP contribution in [0.15, 0.2) is 62.7 Å². The topological polar surface area (TPSA) is 77.5 Å². The summed E-state index contributed by atoms with van der Waals surface area (Å²) in [6, 6.07) is 13.9. The summed E-state index contributed by atoms with van der Waals surface area (Å²) in [6.07, 6.45) is 1.58. The second kappa shape index (κ2) is 8.83. The lowest BCUT2D eigenvalue weighted by atomic mass is 10.3. The first kappa shape index (κ1) is 19.8. The van der Waals surface area contributed by atoms with Crippen molar-refractivity contribution in [1.82, 2.24) is 9.71 Å². The van der Waals surface area contributed by atoms with Gasteiger partial charge in [0.15, 0.2) is 0 Å². The van der Waals surface area contributed by atoms with Gasteiger partial charge in [-0.2, -0.15) is 0 Å². The highest BCUT2D eigenvalue weighted by Gasteiger charge is 2.16. The highest BCUT2D eigenvalue weighted by atomic mass is 79.9. The van der Waals surface area contributed by atoms with Gasteiger partial charge >= 0.3 is 0 Å². The summed E-state index contributed by atoms with van der Waals surface area (Å²) in [5, 5.41) is 0. The quantitative estimate of drug-likeness (QED) is 0.523. The molecule has 3 rings (SSSR count). The van der Waals surface area contributed by atoms with Gasteiger partial charge in [0.1, 0.15) is 15.7 Å². The van der Waals surface area contributed by atoms with E-state index in [2.05, 4.69) is 25.6 Å². The third-order valence-corrected chi connectivity index (χ3v) is 6.95. The number of hydrogen-bond acceptors (Lipinski definition) is 6. The standard InChI is InChI=1S/C18H17BrN2O4S2/c1-2-24-14-3-5-15(6-4-14)25-17-11-13(9-10-20-17)12-21-27(22,23)18-8-7-16(19)26-18/h3-11,21H,2,12H2,1H3. The largest absolute Gasteiger partial charge is 0.494 e. The van der Waals surface area contributed by atoms with Gasteiger partial charge in [0.25, 0.3) is 0 Å². The maximum Gasteiger partial charge on any atom is 0.250 e. The molecular weight excluding hydrogens is 452 g/mol. The van der Waals surface area contributed by atoms with E-state index in [1.807, 2.05) is 19.1 Å². The zero-order valence-electron chi connectivity index (χ0n) is 14.4. The molecule has 0 radical (unpaired) electrons. The molecule has 0 unspecified atom stereocenters. The van der Waals surface area contributed by atoms with Crippen molar-refractivity contribution in [2.75, 3.05) is 6.61 Å². The molecule has 0 saturated carbocycles. The van der Waals surface area contributed by atoms with Crippen molar-refractivity contribution < 1.29 is 17.9 Å². The second-order valence-corrected chi connectivity index (χ2v) is 9.85. The number of hydrogen-bond donors (Lipinski definition) is 1. The smallest absolute Gasteiger partial charge is 0.250 e. The summed E-state index contributed by atoms with van der Waals surface area (Å²) >= 11 is 4.43. The Bertz CT molecular complexity index is 1000. The molecule has 0 bridgehead atoms. The second-order valence-electron chi connectivity index (χ2n) is 5.39. The van der Waals surface area contributed by atoms with E-state index in [4.69, 9.17) is 9.47 Å². The Balaban J connectivity index is 1.65. The molecular formula is C18H17BrN2O4S2. The highest BCUT2D eigenvalue weighted by molar-refractivity contribution is 9.11. The van der Waals surface area contributed by atoms with Crippen molar-refractivity contribution in [3.8, 4) is 17.4 Å². The van der Waals surface area contributed by atoms with Crippen LogP contribution >= 0.6 is 27.3 Å². The maximum absolute atomic E-state index is 12.3. The number of nitrogens with zero attached hydrogens (tertiary/aromatic N) is 1. The third-order valence-electron chi connectivity index (χ3n) is 3.44. The molecule has 0 aliphatic carbocycles. The fourth-order valence-electron chi connectivity index (χ4n) is 2.20. The molecule has 0 saturated heterocycles. The average molecular weight is 469 g/mol. The summed E-state index contributed by atoms with van der Waals surface area (Å²) in [7, 11) is -3.56. The van der Waals surface area contributed by atoms with Crippen molar-refractivity contribution in [2.45, 2.75) is 17.7 Å². The molecule has 0 fully saturated rings. The minimum absolute atomic E-state index is 0.139. The zero-order chi connectivity index (χ0) is 19.3. The van der Waals surface area contributed by atoms with Gasteiger partial charge in [-0.25, -0.2) is 18.1 Å². The number of pyridine rings is 1. The molecule has 0 amide bonds. The molecule has 3 aromatic rings. The Morgan fingerprint density at radius 3 is 2.52 bits per heavy atom. The van der Waals surface area contributed by atoms with Crippen LogP contribution in [0.3, 0.4) is 0 Å². The first-order valence-corrected chi connectivity index (χ1v) is 11.2. The van der Waals surface area contributed by atoms with Crippen molar-refractivity contribution in [3.05, 3.63) is 64.1 Å². The summed E-state index contributed by atoms with van der Waals surface area (Å²) in [5.41, 5.74) is 0.741. The van der Waals surface area contributed by atoms with Crippen LogP contribution < -0.4 is 14.2 Å². The Morgan fingerprint density at radius 1 is 1.11 bits per heavy atom. The number of halogens is 1. The predicted octanol–water partition coefficient (Wildman–Crippen LogP) is 4.58. The van der Waals surface area contributed by atoms with Gasteiger partial charge in [-0.15, -0.1) is 11.3 Å². The number of sulfonamides is 1. The molecule has 27 heavy (non-hydrogen) atoms. The summed E-state index contributed by atoms with van der Waals surface area (Å²) in [6.45, 7) is 2.66. The molecule has 9 heteroatoms. The molecule has 1 aromatic carbocycles. The van der Waals surface area contributed by atoms with E-state index < -0.39 is 10.0 Å². The predicted molar refractivity (Wildman–Crippen MR) is 108 cm³/mol. The number of thiophene rings is 1. The van der Waals surface area contributed by atoms with Gasteiger partial charge in [0, 0.05) is 18.8 Å². The number of benzene rings is 1. The van der Waals surface area contributed by atoms with Crippen LogP contribution in [0.5, 0.6) is 17.4 Å². The molecule has 2 aromatic heterocycles.